The molecular formula is C16H14N2O6. The second-order valence-electron chi connectivity index (χ2n) is 6.30. The first kappa shape index (κ1) is 15.0. The smallest absolute Gasteiger partial charge is 0.271 e. The number of benzene rings is 1. The normalized spacial score (nSPS) is 33.4. The number of hydrogen-bond acceptors (Lipinski definition) is 6. The Balaban J connectivity index is 1.80. The first-order chi connectivity index (χ1) is 11.4. The standard InChI is InChI=1S/C16H14N2O6/c1-8-2-3-9(18(22)23)6-10(8)17-14(20)12-11-4-5-16(7-19,24-11)13(12)15(17)21/h2-6,11-13,19H,7H2,1H3/t11-,12-,13+,16-/m1/s1. The lowest BCUT2D eigenvalue weighted by Crippen LogP contribution is -2.43. The SMILES string of the molecule is Cc1ccc([N+](=O)[O-])cc1N1C(=O)[C@H]2[C@@H](C1=O)[C@]1(CO)C=C[C@H]2O1. The highest BCUT2D eigenvalue weighted by Gasteiger charge is 2.67. The minimum atomic E-state index is -1.18. The number of aliphatic hydroxyl groups excluding tert-OH is 1. The Hall–Kier alpha value is -2.58. The van der Waals surface area contributed by atoms with Crippen molar-refractivity contribution in [3.05, 3.63) is 46.0 Å². The number of ether oxygens (including phenoxy) is 1. The van der Waals surface area contributed by atoms with E-state index in [-0.39, 0.29) is 11.4 Å². The van der Waals surface area contributed by atoms with Crippen molar-refractivity contribution < 1.29 is 24.4 Å². The predicted octanol–water partition coefficient (Wildman–Crippen LogP) is 0.709. The molecule has 0 unspecified atom stereocenters. The van der Waals surface area contributed by atoms with Gasteiger partial charge in [-0.1, -0.05) is 18.2 Å². The van der Waals surface area contributed by atoms with Crippen molar-refractivity contribution in [2.24, 2.45) is 11.8 Å². The fourth-order valence-corrected chi connectivity index (χ4v) is 3.87. The zero-order valence-corrected chi connectivity index (χ0v) is 12.7. The molecule has 1 N–H and O–H groups in total. The maximum absolute atomic E-state index is 12.9. The van der Waals surface area contributed by atoms with E-state index >= 15 is 0 Å². The summed E-state index contributed by atoms with van der Waals surface area (Å²) in [6, 6.07) is 4.07. The molecule has 2 saturated heterocycles. The molecule has 0 saturated carbocycles. The van der Waals surface area contributed by atoms with Crippen LogP contribution in [0.3, 0.4) is 0 Å². The number of carbonyl (C=O) groups excluding carboxylic acids is 2. The molecule has 0 radical (unpaired) electrons. The fourth-order valence-electron chi connectivity index (χ4n) is 3.87. The molecule has 0 aliphatic carbocycles. The van der Waals surface area contributed by atoms with Gasteiger partial charge >= 0.3 is 0 Å². The van der Waals surface area contributed by atoms with Gasteiger partial charge in [0.25, 0.3) is 5.69 Å². The lowest BCUT2D eigenvalue weighted by atomic mass is 9.77. The van der Waals surface area contributed by atoms with E-state index in [4.69, 9.17) is 4.74 Å². The summed E-state index contributed by atoms with van der Waals surface area (Å²) in [6.07, 6.45) is 2.77. The highest BCUT2D eigenvalue weighted by molar-refractivity contribution is 6.23. The second kappa shape index (κ2) is 4.71. The van der Waals surface area contributed by atoms with Crippen molar-refractivity contribution in [2.75, 3.05) is 11.5 Å². The van der Waals surface area contributed by atoms with Crippen LogP contribution in [0.4, 0.5) is 11.4 Å². The molecule has 0 aromatic heterocycles. The van der Waals surface area contributed by atoms with Crippen LogP contribution in [0.25, 0.3) is 0 Å². The summed E-state index contributed by atoms with van der Waals surface area (Å²) < 4.78 is 5.66. The highest BCUT2D eigenvalue weighted by Crippen LogP contribution is 2.52. The van der Waals surface area contributed by atoms with Gasteiger partial charge in [0.05, 0.1) is 35.2 Å². The molecule has 3 aliphatic heterocycles. The molecule has 4 atom stereocenters. The minimum absolute atomic E-state index is 0.192. The van der Waals surface area contributed by atoms with E-state index in [1.165, 1.54) is 18.2 Å². The maximum Gasteiger partial charge on any atom is 0.271 e. The Labute approximate surface area is 136 Å². The second-order valence-corrected chi connectivity index (χ2v) is 6.30. The lowest BCUT2D eigenvalue weighted by Gasteiger charge is -2.26. The third-order valence-corrected chi connectivity index (χ3v) is 5.05. The number of imide groups is 1. The Kier molecular flexibility index (Phi) is 2.94. The number of hydrogen-bond donors (Lipinski definition) is 1. The number of nitro groups is 1. The van der Waals surface area contributed by atoms with Gasteiger partial charge in [-0.2, -0.15) is 0 Å². The molecule has 1 aromatic rings. The van der Waals surface area contributed by atoms with Crippen LogP contribution in [0.5, 0.6) is 0 Å². The average Bonchev–Trinajstić information content (AvgIpc) is 3.19. The summed E-state index contributed by atoms with van der Waals surface area (Å²) in [4.78, 5) is 37.2. The van der Waals surface area contributed by atoms with Gasteiger partial charge in [-0.05, 0) is 12.5 Å². The quantitative estimate of drug-likeness (QED) is 0.378. The van der Waals surface area contributed by atoms with Crippen molar-refractivity contribution >= 4 is 23.2 Å². The van der Waals surface area contributed by atoms with E-state index in [0.29, 0.717) is 5.56 Å². The monoisotopic (exact) mass is 330 g/mol. The number of nitrogens with zero attached hydrogens (tertiary/aromatic N) is 2. The molecule has 124 valence electrons. The van der Waals surface area contributed by atoms with Gasteiger partial charge < -0.3 is 9.84 Å². The van der Waals surface area contributed by atoms with Crippen LogP contribution in [0.2, 0.25) is 0 Å². The maximum atomic E-state index is 12.9. The minimum Gasteiger partial charge on any atom is -0.393 e. The molecule has 2 amide bonds. The molecule has 2 bridgehead atoms. The topological polar surface area (TPSA) is 110 Å². The molecule has 3 heterocycles. The van der Waals surface area contributed by atoms with Crippen LogP contribution in [0, 0.1) is 28.9 Å². The summed E-state index contributed by atoms with van der Waals surface area (Å²) in [5, 5.41) is 20.7. The largest absolute Gasteiger partial charge is 0.393 e. The molecule has 24 heavy (non-hydrogen) atoms. The number of carbonyl (C=O) groups is 2. The van der Waals surface area contributed by atoms with Crippen LogP contribution in [0.1, 0.15) is 5.56 Å². The zero-order valence-electron chi connectivity index (χ0n) is 12.7. The number of non-ortho nitro benzene ring substituents is 1. The third-order valence-electron chi connectivity index (χ3n) is 5.05. The highest BCUT2D eigenvalue weighted by atomic mass is 16.6. The van der Waals surface area contributed by atoms with Crippen molar-refractivity contribution in [3.63, 3.8) is 0 Å². The van der Waals surface area contributed by atoms with E-state index in [2.05, 4.69) is 0 Å². The number of amides is 2. The van der Waals surface area contributed by atoms with E-state index in [1.54, 1.807) is 19.1 Å². The molecule has 8 nitrogen and oxygen atoms in total. The van der Waals surface area contributed by atoms with Gasteiger partial charge in [0.1, 0.15) is 5.60 Å². The van der Waals surface area contributed by atoms with E-state index in [1.807, 2.05) is 0 Å². The zero-order chi connectivity index (χ0) is 17.2. The number of fused-ring (bicyclic) bond motifs is 5. The Morgan fingerprint density at radius 1 is 1.38 bits per heavy atom. The van der Waals surface area contributed by atoms with Crippen molar-refractivity contribution in [1.82, 2.24) is 0 Å². The molecule has 8 heteroatoms. The summed E-state index contributed by atoms with van der Waals surface area (Å²) >= 11 is 0. The molecular weight excluding hydrogens is 316 g/mol. The lowest BCUT2D eigenvalue weighted by molar-refractivity contribution is -0.384. The van der Waals surface area contributed by atoms with Gasteiger partial charge in [-0.3, -0.25) is 19.7 Å². The van der Waals surface area contributed by atoms with E-state index in [9.17, 15) is 24.8 Å². The van der Waals surface area contributed by atoms with Crippen LogP contribution in [-0.2, 0) is 14.3 Å². The van der Waals surface area contributed by atoms with Gasteiger partial charge in [-0.25, -0.2) is 4.90 Å². The van der Waals surface area contributed by atoms with Gasteiger partial charge in [-0.15, -0.1) is 0 Å². The third kappa shape index (κ3) is 1.69. The van der Waals surface area contributed by atoms with Crippen molar-refractivity contribution in [3.8, 4) is 0 Å². The summed E-state index contributed by atoms with van der Waals surface area (Å²) in [6.45, 7) is 1.28. The molecule has 4 rings (SSSR count). The summed E-state index contributed by atoms with van der Waals surface area (Å²) in [5.41, 5.74) is -0.573. The molecule has 0 spiro atoms. The van der Waals surface area contributed by atoms with E-state index < -0.39 is 46.9 Å². The first-order valence-corrected chi connectivity index (χ1v) is 7.50. The van der Waals surface area contributed by atoms with Crippen LogP contribution in [0.15, 0.2) is 30.4 Å². The average molecular weight is 330 g/mol. The van der Waals surface area contributed by atoms with Crippen LogP contribution >= 0.6 is 0 Å². The van der Waals surface area contributed by atoms with Crippen LogP contribution < -0.4 is 4.90 Å². The van der Waals surface area contributed by atoms with Crippen molar-refractivity contribution in [2.45, 2.75) is 18.6 Å². The molecule has 1 aromatic carbocycles. The van der Waals surface area contributed by atoms with Gasteiger partial charge in [0.2, 0.25) is 11.8 Å². The number of rotatable bonds is 3. The number of aryl methyl sites for hydroxylation is 1. The number of aliphatic hydroxyl groups is 1. The van der Waals surface area contributed by atoms with Crippen LogP contribution in [-0.4, -0.2) is 40.2 Å². The Morgan fingerprint density at radius 3 is 2.79 bits per heavy atom. The Morgan fingerprint density at radius 2 is 2.12 bits per heavy atom. The van der Waals surface area contributed by atoms with Gasteiger partial charge in [0.15, 0.2) is 0 Å². The fraction of sp³-hybridized carbons (Fsp3) is 0.375. The molecule has 3 aliphatic rings. The summed E-state index contributed by atoms with van der Waals surface area (Å²) in [7, 11) is 0. The number of anilines is 1. The Bertz CT molecular complexity index is 819. The van der Waals surface area contributed by atoms with E-state index in [0.717, 1.165) is 4.90 Å². The van der Waals surface area contributed by atoms with Crippen molar-refractivity contribution in [1.29, 1.82) is 0 Å². The van der Waals surface area contributed by atoms with Gasteiger partial charge in [0, 0.05) is 12.1 Å². The summed E-state index contributed by atoms with van der Waals surface area (Å²) in [5.74, 6) is -2.44. The predicted molar refractivity (Wildman–Crippen MR) is 81.1 cm³/mol. The molecule has 2 fully saturated rings. The number of nitro benzene ring substituents is 1. The first-order valence-electron chi connectivity index (χ1n) is 7.50.